The number of piperidine rings is 1. The molecule has 0 saturated carbocycles. The first kappa shape index (κ1) is 18.8. The smallest absolute Gasteiger partial charge is 0.235 e. The number of hydrogen-bond donors (Lipinski definition) is 2. The fourth-order valence-electron chi connectivity index (χ4n) is 2.66. The van der Waals surface area contributed by atoms with Crippen LogP contribution >= 0.6 is 11.8 Å². The normalized spacial score (nSPS) is 15.5. The summed E-state index contributed by atoms with van der Waals surface area (Å²) in [5.41, 5.74) is 0. The van der Waals surface area contributed by atoms with Crippen molar-refractivity contribution in [2.24, 2.45) is 5.92 Å². The predicted molar refractivity (Wildman–Crippen MR) is 95.0 cm³/mol. The van der Waals surface area contributed by atoms with Crippen molar-refractivity contribution in [3.8, 4) is 0 Å². The molecule has 1 saturated heterocycles. The Kier molecular flexibility index (Phi) is 7.58. The summed E-state index contributed by atoms with van der Waals surface area (Å²) >= 11 is 1.33. The van der Waals surface area contributed by atoms with Crippen LogP contribution < -0.4 is 10.6 Å². The Morgan fingerprint density at radius 2 is 2.12 bits per heavy atom. The van der Waals surface area contributed by atoms with Crippen LogP contribution in [-0.4, -0.2) is 59.6 Å². The van der Waals surface area contributed by atoms with Crippen molar-refractivity contribution in [1.82, 2.24) is 15.4 Å². The van der Waals surface area contributed by atoms with Crippen molar-refractivity contribution >= 4 is 29.4 Å². The molecule has 0 aliphatic carbocycles. The van der Waals surface area contributed by atoms with Gasteiger partial charge in [-0.05, 0) is 38.8 Å². The Morgan fingerprint density at radius 1 is 1.38 bits per heavy atom. The van der Waals surface area contributed by atoms with E-state index in [-0.39, 0.29) is 17.6 Å². The number of aromatic nitrogens is 1. The summed E-state index contributed by atoms with van der Waals surface area (Å²) in [4.78, 5) is 25.9. The monoisotopic (exact) mass is 354 g/mol. The average Bonchev–Trinajstić information content (AvgIpc) is 2.98. The molecule has 134 valence electrons. The second-order valence-electron chi connectivity index (χ2n) is 6.00. The fraction of sp³-hybridized carbons (Fsp3) is 0.688. The maximum absolute atomic E-state index is 12.2. The lowest BCUT2D eigenvalue weighted by Gasteiger charge is -2.32. The Morgan fingerprint density at radius 3 is 2.75 bits per heavy atom. The first-order chi connectivity index (χ1) is 11.6. The minimum atomic E-state index is -0.176. The Balaban J connectivity index is 1.60. The second-order valence-corrected chi connectivity index (χ2v) is 6.98. The number of nitrogens with zero attached hydrogens (tertiary/aromatic N) is 2. The van der Waals surface area contributed by atoms with E-state index in [1.165, 1.54) is 11.8 Å². The average molecular weight is 354 g/mol. The van der Waals surface area contributed by atoms with E-state index in [9.17, 15) is 9.59 Å². The van der Waals surface area contributed by atoms with Gasteiger partial charge in [0.25, 0.3) is 0 Å². The van der Waals surface area contributed by atoms with Crippen molar-refractivity contribution in [2.75, 3.05) is 43.0 Å². The highest BCUT2D eigenvalue weighted by molar-refractivity contribution is 8.00. The summed E-state index contributed by atoms with van der Waals surface area (Å²) in [5, 5.41) is 9.72. The first-order valence-electron chi connectivity index (χ1n) is 8.38. The van der Waals surface area contributed by atoms with Crippen LogP contribution in [0.15, 0.2) is 10.6 Å². The zero-order chi connectivity index (χ0) is 17.4. The van der Waals surface area contributed by atoms with Crippen LogP contribution in [0.4, 0.5) is 5.82 Å². The summed E-state index contributed by atoms with van der Waals surface area (Å²) in [6, 6.07) is 1.66. The number of carbonyl (C=O) groups is 2. The second kappa shape index (κ2) is 9.68. The minimum absolute atomic E-state index is 0.118. The third kappa shape index (κ3) is 6.16. The number of thioether (sulfide) groups is 1. The van der Waals surface area contributed by atoms with Crippen molar-refractivity contribution in [3.63, 3.8) is 0 Å². The summed E-state index contributed by atoms with van der Waals surface area (Å²) < 4.78 is 4.88. The lowest BCUT2D eigenvalue weighted by atomic mass is 9.97. The molecule has 2 amide bonds. The van der Waals surface area contributed by atoms with Crippen LogP contribution in [0.5, 0.6) is 0 Å². The first-order valence-corrected chi connectivity index (χ1v) is 9.53. The van der Waals surface area contributed by atoms with Gasteiger partial charge in [0.2, 0.25) is 11.8 Å². The molecule has 1 aliphatic heterocycles. The van der Waals surface area contributed by atoms with Gasteiger partial charge in [0.05, 0.1) is 11.5 Å². The third-order valence-corrected chi connectivity index (χ3v) is 4.92. The molecule has 1 aromatic heterocycles. The van der Waals surface area contributed by atoms with Gasteiger partial charge in [-0.2, -0.15) is 0 Å². The molecule has 0 aromatic carbocycles. The van der Waals surface area contributed by atoms with Gasteiger partial charge >= 0.3 is 0 Å². The molecule has 0 atom stereocenters. The van der Waals surface area contributed by atoms with Crippen LogP contribution in [0, 0.1) is 12.8 Å². The number of amides is 2. The summed E-state index contributed by atoms with van der Waals surface area (Å²) in [7, 11) is 0. The quantitative estimate of drug-likeness (QED) is 0.736. The van der Waals surface area contributed by atoms with E-state index in [2.05, 4.69) is 22.7 Å². The molecule has 0 spiro atoms. The minimum Gasteiger partial charge on any atom is -0.360 e. The maximum Gasteiger partial charge on any atom is 0.235 e. The van der Waals surface area contributed by atoms with E-state index >= 15 is 0 Å². The molecule has 1 aliphatic rings. The van der Waals surface area contributed by atoms with Gasteiger partial charge in [-0.15, -0.1) is 11.8 Å². The maximum atomic E-state index is 12.2. The van der Waals surface area contributed by atoms with E-state index < -0.39 is 0 Å². The van der Waals surface area contributed by atoms with E-state index in [1.54, 1.807) is 13.0 Å². The van der Waals surface area contributed by atoms with Crippen LogP contribution in [0.1, 0.15) is 25.5 Å². The lowest BCUT2D eigenvalue weighted by molar-refractivity contribution is -0.129. The fourth-order valence-corrected chi connectivity index (χ4v) is 3.38. The molecule has 0 bridgehead atoms. The molecule has 8 heteroatoms. The number of nitrogens with one attached hydrogen (secondary N) is 2. The van der Waals surface area contributed by atoms with E-state index in [1.807, 2.05) is 4.90 Å². The molecule has 2 heterocycles. The number of carbonyl (C=O) groups excluding carboxylic acids is 2. The van der Waals surface area contributed by atoms with Crippen LogP contribution in [0.25, 0.3) is 0 Å². The number of hydrogen-bond acceptors (Lipinski definition) is 6. The van der Waals surface area contributed by atoms with Crippen LogP contribution in [-0.2, 0) is 9.59 Å². The Labute approximate surface area is 146 Å². The molecular weight excluding hydrogens is 328 g/mol. The van der Waals surface area contributed by atoms with Gasteiger partial charge in [0.1, 0.15) is 5.76 Å². The molecule has 1 aromatic rings. The van der Waals surface area contributed by atoms with E-state index in [0.717, 1.165) is 39.0 Å². The largest absolute Gasteiger partial charge is 0.360 e. The molecule has 0 radical (unpaired) electrons. The summed E-state index contributed by atoms with van der Waals surface area (Å²) in [6.07, 6.45) is 2.10. The lowest BCUT2D eigenvalue weighted by Crippen LogP contribution is -2.41. The zero-order valence-electron chi connectivity index (χ0n) is 14.3. The SMILES string of the molecule is CCNCC1CCN(C(=O)CSCC(=O)Nc2cc(C)on2)CC1. The van der Waals surface area contributed by atoms with Crippen LogP contribution in [0.2, 0.25) is 0 Å². The predicted octanol–water partition coefficient (Wildman–Crippen LogP) is 1.50. The van der Waals surface area contributed by atoms with Gasteiger partial charge in [0.15, 0.2) is 5.82 Å². The molecule has 2 N–H and O–H groups in total. The van der Waals surface area contributed by atoms with Crippen molar-refractivity contribution in [2.45, 2.75) is 26.7 Å². The van der Waals surface area contributed by atoms with Crippen molar-refractivity contribution < 1.29 is 14.1 Å². The zero-order valence-corrected chi connectivity index (χ0v) is 15.2. The van der Waals surface area contributed by atoms with Gasteiger partial charge in [-0.25, -0.2) is 0 Å². The summed E-state index contributed by atoms with van der Waals surface area (Å²) in [6.45, 7) is 7.54. The van der Waals surface area contributed by atoms with Crippen molar-refractivity contribution in [1.29, 1.82) is 0 Å². The van der Waals surface area contributed by atoms with Gasteiger partial charge in [-0.3, -0.25) is 9.59 Å². The Hall–Kier alpha value is -1.54. The highest BCUT2D eigenvalue weighted by Crippen LogP contribution is 2.17. The number of rotatable bonds is 8. The molecule has 1 fully saturated rings. The number of aryl methyl sites for hydroxylation is 1. The molecule has 24 heavy (non-hydrogen) atoms. The molecular formula is C16H26N4O3S. The standard InChI is InChI=1S/C16H26N4O3S/c1-3-17-9-13-4-6-20(7-5-13)16(22)11-24-10-15(21)18-14-8-12(2)23-19-14/h8,13,17H,3-7,9-11H2,1-2H3,(H,18,19,21). The topological polar surface area (TPSA) is 87.5 Å². The Bertz CT molecular complexity index is 541. The van der Waals surface area contributed by atoms with Gasteiger partial charge in [-0.1, -0.05) is 12.1 Å². The highest BCUT2D eigenvalue weighted by atomic mass is 32.2. The number of anilines is 1. The van der Waals surface area contributed by atoms with Crippen molar-refractivity contribution in [3.05, 3.63) is 11.8 Å². The third-order valence-electron chi connectivity index (χ3n) is 4.00. The highest BCUT2D eigenvalue weighted by Gasteiger charge is 2.22. The molecule has 7 nitrogen and oxygen atoms in total. The molecule has 0 unspecified atom stereocenters. The number of likely N-dealkylation sites (tertiary alicyclic amines) is 1. The molecule has 2 rings (SSSR count). The van der Waals surface area contributed by atoms with Crippen LogP contribution in [0.3, 0.4) is 0 Å². The summed E-state index contributed by atoms with van der Waals surface area (Å²) in [5.74, 6) is 2.23. The van der Waals surface area contributed by atoms with E-state index in [0.29, 0.717) is 23.2 Å². The van der Waals surface area contributed by atoms with Gasteiger partial charge in [0, 0.05) is 19.2 Å². The van der Waals surface area contributed by atoms with E-state index in [4.69, 9.17) is 4.52 Å². The van der Waals surface area contributed by atoms with Gasteiger partial charge < -0.3 is 20.1 Å².